The van der Waals surface area contributed by atoms with Crippen molar-refractivity contribution in [3.05, 3.63) is 156 Å². The molecule has 10 rings (SSSR count). The van der Waals surface area contributed by atoms with E-state index in [9.17, 15) is 9.59 Å². The second-order valence-electron chi connectivity index (χ2n) is 25.0. The summed E-state index contributed by atoms with van der Waals surface area (Å²) in [5.41, 5.74) is 15.6. The molecule has 0 atom stereocenters. The van der Waals surface area contributed by atoms with Crippen molar-refractivity contribution in [2.24, 2.45) is 0 Å². The number of piperidine rings is 2. The first kappa shape index (κ1) is 56.1. The number of amides is 1. The van der Waals surface area contributed by atoms with E-state index in [1.54, 1.807) is 30.9 Å². The van der Waals surface area contributed by atoms with Crippen molar-refractivity contribution in [3.8, 4) is 22.5 Å². The Hall–Kier alpha value is -7.12. The molecule has 0 unspecified atom stereocenters. The standard InChI is InChI=1S/C32H39N5O.C24H34N2.C8H7N3O2/c1-31(2,3)24-17-23(18-25(19-24)32(4,5)6)27-10-7-9-26(35-27)22-12-15-36(16-13-22)29(38)20-37-21-34-28-11-8-14-33-30(28)37;1-23(2,3)19-14-18(15-20(16-19)24(4,5)6)22-9-7-8-21(26-22)17-10-12-25-13-11-17;12-7(13)4-11-5-10-6-2-1-3-9-8(6)11/h7-11,14,17-19,21-22H,12-13,15-16,20H2,1-6H3;7-9,14-17,25H,10-13H2,1-6H3;1-3,5H,4H2,(H,12,13). The first-order valence-corrected chi connectivity index (χ1v) is 27.4. The third-order valence-corrected chi connectivity index (χ3v) is 14.8. The minimum Gasteiger partial charge on any atom is -0.480 e. The third-order valence-electron chi connectivity index (χ3n) is 14.8. The number of carbonyl (C=O) groups is 2. The van der Waals surface area contributed by atoms with Crippen LogP contribution < -0.4 is 5.32 Å². The third kappa shape index (κ3) is 14.3. The van der Waals surface area contributed by atoms with Crippen LogP contribution in [-0.2, 0) is 44.3 Å². The zero-order valence-corrected chi connectivity index (χ0v) is 47.6. The van der Waals surface area contributed by atoms with Gasteiger partial charge in [-0.2, -0.15) is 0 Å². The predicted molar refractivity (Wildman–Crippen MR) is 310 cm³/mol. The molecule has 13 nitrogen and oxygen atoms in total. The molecule has 404 valence electrons. The summed E-state index contributed by atoms with van der Waals surface area (Å²) in [5.74, 6) is 0.153. The monoisotopic (exact) mass is 1040 g/mol. The molecule has 0 radical (unpaired) electrons. The van der Waals surface area contributed by atoms with Crippen molar-refractivity contribution in [3.63, 3.8) is 0 Å². The van der Waals surface area contributed by atoms with Gasteiger partial charge in [-0.1, -0.05) is 107 Å². The molecule has 2 aliphatic rings. The minimum absolute atomic E-state index is 0.0616. The Morgan fingerprint density at radius 3 is 1.32 bits per heavy atom. The number of pyridine rings is 4. The highest BCUT2D eigenvalue weighted by atomic mass is 16.4. The van der Waals surface area contributed by atoms with Gasteiger partial charge in [-0.15, -0.1) is 0 Å². The lowest BCUT2D eigenvalue weighted by molar-refractivity contribution is -0.137. The summed E-state index contributed by atoms with van der Waals surface area (Å²) in [6, 6.07) is 34.3. The molecule has 0 saturated carbocycles. The molecule has 0 spiro atoms. The molecule has 0 bridgehead atoms. The highest BCUT2D eigenvalue weighted by Crippen LogP contribution is 2.37. The van der Waals surface area contributed by atoms with Crippen LogP contribution in [0.15, 0.2) is 122 Å². The molecule has 8 aromatic rings. The highest BCUT2D eigenvalue weighted by Gasteiger charge is 2.27. The van der Waals surface area contributed by atoms with E-state index in [4.69, 9.17) is 15.1 Å². The van der Waals surface area contributed by atoms with Gasteiger partial charge in [0.05, 0.1) is 24.0 Å². The van der Waals surface area contributed by atoms with E-state index in [0.29, 0.717) is 23.0 Å². The fourth-order valence-electron chi connectivity index (χ4n) is 9.92. The summed E-state index contributed by atoms with van der Waals surface area (Å²) in [7, 11) is 0. The van der Waals surface area contributed by atoms with E-state index in [1.165, 1.54) is 62.8 Å². The van der Waals surface area contributed by atoms with Gasteiger partial charge in [0.1, 0.15) is 24.1 Å². The van der Waals surface area contributed by atoms with Crippen LogP contribution in [0.1, 0.15) is 154 Å². The molecule has 13 heteroatoms. The first-order chi connectivity index (χ1) is 36.4. The largest absolute Gasteiger partial charge is 0.480 e. The molecule has 77 heavy (non-hydrogen) atoms. The number of likely N-dealkylation sites (tertiary alicyclic amines) is 1. The Morgan fingerprint density at radius 1 is 0.519 bits per heavy atom. The zero-order chi connectivity index (χ0) is 55.3. The second-order valence-corrected chi connectivity index (χ2v) is 25.0. The molecular weight excluding hydrogens is 957 g/mol. The fraction of sp³-hybridized carbons (Fsp3) is 0.438. The summed E-state index contributed by atoms with van der Waals surface area (Å²) in [5, 5.41) is 12.0. The van der Waals surface area contributed by atoms with Crippen LogP contribution in [0, 0.1) is 0 Å². The van der Waals surface area contributed by atoms with Gasteiger partial charge in [0.15, 0.2) is 11.3 Å². The number of carbonyl (C=O) groups excluding carboxylic acids is 1. The summed E-state index contributed by atoms with van der Waals surface area (Å²) in [4.78, 5) is 52.5. The van der Waals surface area contributed by atoms with Crippen LogP contribution in [-0.4, -0.2) is 87.1 Å². The number of nitrogens with zero attached hydrogens (tertiary/aromatic N) is 9. The van der Waals surface area contributed by atoms with Gasteiger partial charge in [0.25, 0.3) is 0 Å². The van der Waals surface area contributed by atoms with E-state index in [-0.39, 0.29) is 40.7 Å². The molecule has 2 aromatic carbocycles. The van der Waals surface area contributed by atoms with Gasteiger partial charge in [0.2, 0.25) is 5.91 Å². The average molecular weight is 1040 g/mol. The van der Waals surface area contributed by atoms with Crippen molar-refractivity contribution in [2.75, 3.05) is 26.2 Å². The van der Waals surface area contributed by atoms with Crippen molar-refractivity contribution in [2.45, 2.75) is 155 Å². The zero-order valence-electron chi connectivity index (χ0n) is 47.6. The Labute approximate surface area is 456 Å². The molecule has 1 amide bonds. The van der Waals surface area contributed by atoms with Gasteiger partial charge >= 0.3 is 5.97 Å². The lowest BCUT2D eigenvalue weighted by Gasteiger charge is -2.32. The summed E-state index contributed by atoms with van der Waals surface area (Å²) < 4.78 is 3.34. The fourth-order valence-corrected chi connectivity index (χ4v) is 9.92. The second kappa shape index (κ2) is 23.2. The van der Waals surface area contributed by atoms with Crippen molar-refractivity contribution < 1.29 is 14.7 Å². The number of imidazole rings is 2. The Balaban J connectivity index is 0.000000172. The first-order valence-electron chi connectivity index (χ1n) is 27.4. The summed E-state index contributed by atoms with van der Waals surface area (Å²) in [6.07, 6.45) is 10.7. The molecule has 8 heterocycles. The Morgan fingerprint density at radius 2 is 0.922 bits per heavy atom. The highest BCUT2D eigenvalue weighted by molar-refractivity contribution is 5.79. The number of fused-ring (bicyclic) bond motifs is 2. The van der Waals surface area contributed by atoms with Crippen LogP contribution in [0.25, 0.3) is 44.8 Å². The molecule has 2 fully saturated rings. The minimum atomic E-state index is -0.898. The molecule has 0 aliphatic carbocycles. The van der Waals surface area contributed by atoms with Crippen LogP contribution in [0.2, 0.25) is 0 Å². The molecule has 6 aromatic heterocycles. The maximum atomic E-state index is 13.1. The number of carboxylic acid groups (broad SMARTS) is 1. The number of hydrogen-bond donors (Lipinski definition) is 2. The average Bonchev–Trinajstić information content (AvgIpc) is 4.02. The Kier molecular flexibility index (Phi) is 16.9. The summed E-state index contributed by atoms with van der Waals surface area (Å²) in [6.45, 7) is 31.2. The van der Waals surface area contributed by atoms with Crippen LogP contribution >= 0.6 is 0 Å². The van der Waals surface area contributed by atoms with Gasteiger partial charge in [-0.05, 0) is 155 Å². The Bertz CT molecular complexity index is 3250. The molecule has 2 saturated heterocycles. The number of aliphatic carboxylic acids is 1. The molecular formula is C64H80N10O3. The number of rotatable bonds is 8. The van der Waals surface area contributed by atoms with E-state index in [0.717, 1.165) is 67.3 Å². The van der Waals surface area contributed by atoms with Crippen LogP contribution in [0.5, 0.6) is 0 Å². The van der Waals surface area contributed by atoms with Gasteiger partial charge in [-0.25, -0.2) is 19.9 Å². The van der Waals surface area contributed by atoms with Gasteiger partial charge in [-0.3, -0.25) is 19.6 Å². The van der Waals surface area contributed by atoms with Crippen molar-refractivity contribution in [1.29, 1.82) is 0 Å². The van der Waals surface area contributed by atoms with Crippen molar-refractivity contribution in [1.82, 2.24) is 49.3 Å². The normalized spacial score (nSPS) is 14.9. The summed E-state index contributed by atoms with van der Waals surface area (Å²) >= 11 is 0. The van der Waals surface area contributed by atoms with E-state index >= 15 is 0 Å². The topological polar surface area (TPSA) is 157 Å². The molecule has 2 aliphatic heterocycles. The number of nitrogens with one attached hydrogen (secondary N) is 1. The smallest absolute Gasteiger partial charge is 0.323 e. The quantitative estimate of drug-likeness (QED) is 0.150. The van der Waals surface area contributed by atoms with Crippen LogP contribution in [0.3, 0.4) is 0 Å². The van der Waals surface area contributed by atoms with E-state index in [2.05, 4.69) is 181 Å². The maximum Gasteiger partial charge on any atom is 0.323 e. The maximum absolute atomic E-state index is 13.1. The van der Waals surface area contributed by atoms with E-state index in [1.807, 2.05) is 21.6 Å². The number of aromatic nitrogens is 8. The SMILES string of the molecule is CC(C)(C)c1cc(-c2cccc(C3CCN(C(=O)Cn4cnc5cccnc54)CC3)n2)cc(C(C)(C)C)c1.CC(C)(C)c1cc(-c2cccc(C3CCNCC3)n2)cc(C(C)(C)C)c1.O=C(O)Cn1cnc2cccnc21. The number of hydrogen-bond acceptors (Lipinski definition) is 9. The predicted octanol–water partition coefficient (Wildman–Crippen LogP) is 12.8. The van der Waals surface area contributed by atoms with Crippen molar-refractivity contribution >= 4 is 34.2 Å². The molecule has 2 N–H and O–H groups in total. The lowest BCUT2D eigenvalue weighted by atomic mass is 9.79. The van der Waals surface area contributed by atoms with Crippen LogP contribution in [0.4, 0.5) is 0 Å². The number of carboxylic acids is 1. The number of benzene rings is 2. The van der Waals surface area contributed by atoms with E-state index < -0.39 is 5.97 Å². The lowest BCUT2D eigenvalue weighted by Crippen LogP contribution is -2.39. The van der Waals surface area contributed by atoms with Gasteiger partial charge < -0.3 is 24.5 Å². The van der Waals surface area contributed by atoms with Gasteiger partial charge in [0, 0.05) is 59.8 Å².